The molecule has 1 aromatic rings. The van der Waals surface area contributed by atoms with Gasteiger partial charge in [-0.25, -0.2) is 9.78 Å². The van der Waals surface area contributed by atoms with Crippen LogP contribution in [-0.4, -0.2) is 22.6 Å². The maximum Gasteiger partial charge on any atom is 0.347 e. The highest BCUT2D eigenvalue weighted by Gasteiger charge is 2.07. The summed E-state index contributed by atoms with van der Waals surface area (Å²) in [6, 6.07) is 0. The van der Waals surface area contributed by atoms with Gasteiger partial charge in [0.1, 0.15) is 4.88 Å². The van der Waals surface area contributed by atoms with Crippen molar-refractivity contribution < 1.29 is 9.90 Å². The fourth-order valence-electron chi connectivity index (χ4n) is 1.16. The van der Waals surface area contributed by atoms with Crippen molar-refractivity contribution in [1.82, 2.24) is 4.98 Å². The van der Waals surface area contributed by atoms with Crippen molar-refractivity contribution in [3.05, 3.63) is 11.1 Å². The number of hydrogen-bond donors (Lipinski definition) is 2. The van der Waals surface area contributed by atoms with Crippen LogP contribution in [0.3, 0.4) is 0 Å². The van der Waals surface area contributed by atoms with E-state index in [1.807, 2.05) is 0 Å². The van der Waals surface area contributed by atoms with Crippen molar-refractivity contribution in [2.24, 2.45) is 5.92 Å². The molecule has 0 fully saturated rings. The summed E-state index contributed by atoms with van der Waals surface area (Å²) in [4.78, 5) is 14.8. The third-order valence-corrected chi connectivity index (χ3v) is 2.89. The minimum atomic E-state index is -0.914. The Kier molecular flexibility index (Phi) is 4.55. The van der Waals surface area contributed by atoms with Crippen LogP contribution in [0.15, 0.2) is 6.20 Å². The molecule has 1 aromatic heterocycles. The van der Waals surface area contributed by atoms with E-state index in [9.17, 15) is 4.79 Å². The van der Waals surface area contributed by atoms with Crippen LogP contribution in [0.4, 0.5) is 5.13 Å². The van der Waals surface area contributed by atoms with E-state index in [4.69, 9.17) is 5.11 Å². The van der Waals surface area contributed by atoms with Crippen molar-refractivity contribution in [2.75, 3.05) is 11.9 Å². The Labute approximate surface area is 93.4 Å². The normalized spacial score (nSPS) is 10.6. The summed E-state index contributed by atoms with van der Waals surface area (Å²) in [5, 5.41) is 12.5. The summed E-state index contributed by atoms with van der Waals surface area (Å²) >= 11 is 1.18. The molecule has 4 nitrogen and oxygen atoms in total. The van der Waals surface area contributed by atoms with Crippen LogP contribution in [0.25, 0.3) is 0 Å². The van der Waals surface area contributed by atoms with Gasteiger partial charge in [-0.2, -0.15) is 0 Å². The molecule has 0 unspecified atom stereocenters. The number of anilines is 1. The number of thiazole rings is 1. The standard InChI is InChI=1S/C10H16N2O2S/c1-7(2)4-3-5-11-10-12-6-8(15-10)9(13)14/h6-7H,3-5H2,1-2H3,(H,11,12)(H,13,14). The maximum absolute atomic E-state index is 10.6. The molecule has 0 aliphatic heterocycles. The molecule has 5 heteroatoms. The Hall–Kier alpha value is -1.10. The Morgan fingerprint density at radius 3 is 2.93 bits per heavy atom. The lowest BCUT2D eigenvalue weighted by Gasteiger charge is -2.04. The zero-order valence-electron chi connectivity index (χ0n) is 8.99. The molecule has 0 aromatic carbocycles. The van der Waals surface area contributed by atoms with Crippen molar-refractivity contribution in [3.63, 3.8) is 0 Å². The molecule has 0 saturated carbocycles. The fraction of sp³-hybridized carbons (Fsp3) is 0.600. The second-order valence-electron chi connectivity index (χ2n) is 3.80. The fourth-order valence-corrected chi connectivity index (χ4v) is 1.84. The average molecular weight is 228 g/mol. The first-order valence-corrected chi connectivity index (χ1v) is 5.84. The molecule has 0 bridgehead atoms. The topological polar surface area (TPSA) is 62.2 Å². The SMILES string of the molecule is CC(C)CCCNc1ncc(C(=O)O)s1. The molecule has 1 rings (SSSR count). The molecule has 1 heterocycles. The monoisotopic (exact) mass is 228 g/mol. The van der Waals surface area contributed by atoms with Gasteiger partial charge in [0.2, 0.25) is 0 Å². The molecule has 0 atom stereocenters. The molecule has 2 N–H and O–H groups in total. The van der Waals surface area contributed by atoms with E-state index < -0.39 is 5.97 Å². The largest absolute Gasteiger partial charge is 0.477 e. The van der Waals surface area contributed by atoms with Crippen molar-refractivity contribution in [2.45, 2.75) is 26.7 Å². The lowest BCUT2D eigenvalue weighted by atomic mass is 10.1. The van der Waals surface area contributed by atoms with Crippen LogP contribution < -0.4 is 5.32 Å². The Balaban J connectivity index is 2.29. The van der Waals surface area contributed by atoms with Gasteiger partial charge in [0, 0.05) is 6.54 Å². The van der Waals surface area contributed by atoms with Crippen LogP contribution in [0.2, 0.25) is 0 Å². The Morgan fingerprint density at radius 2 is 2.40 bits per heavy atom. The first kappa shape index (κ1) is 12.0. The quantitative estimate of drug-likeness (QED) is 0.735. The van der Waals surface area contributed by atoms with E-state index >= 15 is 0 Å². The summed E-state index contributed by atoms with van der Waals surface area (Å²) in [6.07, 6.45) is 3.64. The highest BCUT2D eigenvalue weighted by atomic mass is 32.1. The molecule has 0 amide bonds. The zero-order valence-corrected chi connectivity index (χ0v) is 9.80. The number of carboxylic acid groups (broad SMARTS) is 1. The number of rotatable bonds is 6. The van der Waals surface area contributed by atoms with Gasteiger partial charge in [0.15, 0.2) is 5.13 Å². The van der Waals surface area contributed by atoms with E-state index in [0.717, 1.165) is 13.0 Å². The third-order valence-electron chi connectivity index (χ3n) is 1.95. The summed E-state index contributed by atoms with van der Waals surface area (Å²) in [6.45, 7) is 5.22. The molecule has 0 aliphatic rings. The number of carboxylic acids is 1. The van der Waals surface area contributed by atoms with Gasteiger partial charge in [-0.1, -0.05) is 25.2 Å². The molecule has 0 spiro atoms. The second kappa shape index (κ2) is 5.70. The van der Waals surface area contributed by atoms with Gasteiger partial charge in [0.05, 0.1) is 6.20 Å². The lowest BCUT2D eigenvalue weighted by molar-refractivity contribution is 0.0702. The molecule has 15 heavy (non-hydrogen) atoms. The van der Waals surface area contributed by atoms with E-state index in [1.165, 1.54) is 24.0 Å². The van der Waals surface area contributed by atoms with Gasteiger partial charge in [-0.05, 0) is 18.8 Å². The summed E-state index contributed by atoms with van der Waals surface area (Å²) in [5.74, 6) is -0.208. The number of nitrogens with one attached hydrogen (secondary N) is 1. The zero-order chi connectivity index (χ0) is 11.3. The van der Waals surface area contributed by atoms with E-state index in [2.05, 4.69) is 24.1 Å². The Morgan fingerprint density at radius 1 is 1.67 bits per heavy atom. The van der Waals surface area contributed by atoms with E-state index in [0.29, 0.717) is 11.0 Å². The van der Waals surface area contributed by atoms with Crippen LogP contribution in [0.1, 0.15) is 36.4 Å². The molecule has 84 valence electrons. The lowest BCUT2D eigenvalue weighted by Crippen LogP contribution is -2.02. The minimum absolute atomic E-state index is 0.279. The maximum atomic E-state index is 10.6. The summed E-state index contributed by atoms with van der Waals surface area (Å²) in [7, 11) is 0. The molecule has 0 aliphatic carbocycles. The number of aromatic carboxylic acids is 1. The van der Waals surface area contributed by atoms with Crippen molar-refractivity contribution in [3.8, 4) is 0 Å². The van der Waals surface area contributed by atoms with Gasteiger partial charge in [-0.15, -0.1) is 0 Å². The van der Waals surface area contributed by atoms with E-state index in [-0.39, 0.29) is 4.88 Å². The Bertz CT molecular complexity index is 323. The number of hydrogen-bond acceptors (Lipinski definition) is 4. The van der Waals surface area contributed by atoms with Gasteiger partial charge >= 0.3 is 5.97 Å². The first-order chi connectivity index (χ1) is 7.09. The predicted molar refractivity (Wildman–Crippen MR) is 61.6 cm³/mol. The summed E-state index contributed by atoms with van der Waals surface area (Å²) < 4.78 is 0. The van der Waals surface area contributed by atoms with Crippen LogP contribution in [-0.2, 0) is 0 Å². The number of aromatic nitrogens is 1. The third kappa shape index (κ3) is 4.29. The van der Waals surface area contributed by atoms with Crippen LogP contribution in [0.5, 0.6) is 0 Å². The second-order valence-corrected chi connectivity index (χ2v) is 4.83. The highest BCUT2D eigenvalue weighted by Crippen LogP contribution is 2.17. The predicted octanol–water partition coefficient (Wildman–Crippen LogP) is 2.69. The van der Waals surface area contributed by atoms with Crippen molar-refractivity contribution in [1.29, 1.82) is 0 Å². The van der Waals surface area contributed by atoms with Gasteiger partial charge < -0.3 is 10.4 Å². The molecule has 0 radical (unpaired) electrons. The summed E-state index contributed by atoms with van der Waals surface area (Å²) in [5.41, 5.74) is 0. The number of carbonyl (C=O) groups is 1. The smallest absolute Gasteiger partial charge is 0.347 e. The highest BCUT2D eigenvalue weighted by molar-refractivity contribution is 7.17. The van der Waals surface area contributed by atoms with Gasteiger partial charge in [-0.3, -0.25) is 0 Å². The molecular weight excluding hydrogens is 212 g/mol. The van der Waals surface area contributed by atoms with Crippen LogP contribution >= 0.6 is 11.3 Å². The minimum Gasteiger partial charge on any atom is -0.477 e. The number of nitrogens with zero attached hydrogens (tertiary/aromatic N) is 1. The van der Waals surface area contributed by atoms with E-state index in [1.54, 1.807) is 0 Å². The van der Waals surface area contributed by atoms with Gasteiger partial charge in [0.25, 0.3) is 0 Å². The average Bonchev–Trinajstić information content (AvgIpc) is 2.60. The molecular formula is C10H16N2O2S. The molecule has 0 saturated heterocycles. The van der Waals surface area contributed by atoms with Crippen molar-refractivity contribution >= 4 is 22.4 Å². The van der Waals surface area contributed by atoms with Crippen LogP contribution in [0, 0.1) is 5.92 Å². The first-order valence-electron chi connectivity index (χ1n) is 5.02.